The molecule has 2 heterocycles. The molecule has 0 radical (unpaired) electrons. The first kappa shape index (κ1) is 18.7. The van der Waals surface area contributed by atoms with Gasteiger partial charge in [-0.25, -0.2) is 4.99 Å². The van der Waals surface area contributed by atoms with Gasteiger partial charge in [-0.05, 0) is 32.3 Å². The van der Waals surface area contributed by atoms with Crippen molar-refractivity contribution in [2.75, 3.05) is 39.3 Å². The molecule has 0 aromatic heterocycles. The minimum Gasteiger partial charge on any atom is -0.368 e. The van der Waals surface area contributed by atoms with E-state index < -0.39 is 0 Å². The first-order valence-corrected chi connectivity index (χ1v) is 9.66. The van der Waals surface area contributed by atoms with Crippen LogP contribution in [-0.4, -0.2) is 67.1 Å². The number of piperazine rings is 1. The third-order valence-electron chi connectivity index (χ3n) is 4.92. The molecule has 1 aromatic carbocycles. The van der Waals surface area contributed by atoms with Gasteiger partial charge in [-0.3, -0.25) is 4.79 Å². The van der Waals surface area contributed by atoms with Crippen LogP contribution in [0, 0.1) is 6.92 Å². The van der Waals surface area contributed by atoms with Crippen LogP contribution in [0.25, 0.3) is 0 Å². The van der Waals surface area contributed by atoms with Crippen molar-refractivity contribution in [2.24, 2.45) is 4.99 Å². The Morgan fingerprint density at radius 3 is 2.69 bits per heavy atom. The van der Waals surface area contributed by atoms with Gasteiger partial charge in [0.05, 0.1) is 6.54 Å². The lowest BCUT2D eigenvalue weighted by Gasteiger charge is -2.37. The molecule has 6 nitrogen and oxygen atoms in total. The zero-order valence-corrected chi connectivity index (χ0v) is 15.9. The highest BCUT2D eigenvalue weighted by Crippen LogP contribution is 2.16. The van der Waals surface area contributed by atoms with Gasteiger partial charge in [0, 0.05) is 39.3 Å². The van der Waals surface area contributed by atoms with E-state index in [4.69, 9.17) is 9.73 Å². The third kappa shape index (κ3) is 4.75. The number of hydrogen-bond acceptors (Lipinski definition) is 3. The Labute approximate surface area is 156 Å². The maximum Gasteiger partial charge on any atom is 0.251 e. The highest BCUT2D eigenvalue weighted by Gasteiger charge is 2.30. The molecule has 1 unspecified atom stereocenters. The second-order valence-corrected chi connectivity index (χ2v) is 6.97. The second-order valence-electron chi connectivity index (χ2n) is 6.97. The summed E-state index contributed by atoms with van der Waals surface area (Å²) in [4.78, 5) is 21.5. The van der Waals surface area contributed by atoms with Crippen molar-refractivity contribution in [1.82, 2.24) is 15.1 Å². The molecule has 1 N–H and O–H groups in total. The minimum absolute atomic E-state index is 0.156. The van der Waals surface area contributed by atoms with Crippen LogP contribution in [0.3, 0.4) is 0 Å². The van der Waals surface area contributed by atoms with Crippen LogP contribution in [0.2, 0.25) is 0 Å². The quantitative estimate of drug-likeness (QED) is 0.658. The Kier molecular flexibility index (Phi) is 6.50. The van der Waals surface area contributed by atoms with Gasteiger partial charge in [0.15, 0.2) is 5.96 Å². The molecular formula is C20H30N4O2. The zero-order valence-electron chi connectivity index (χ0n) is 15.9. The monoisotopic (exact) mass is 358 g/mol. The standard InChI is InChI=1S/C20H30N4O2/c1-3-21-20(22-15-17-7-4-6-16(2)14-17)24-11-9-23(10-12-24)19(25)18-8-5-13-26-18/h4,6-7,14,18H,3,5,8-13,15H2,1-2H3,(H,21,22). The number of ether oxygens (including phenoxy) is 1. The van der Waals surface area contributed by atoms with Crippen molar-refractivity contribution in [3.05, 3.63) is 35.4 Å². The third-order valence-corrected chi connectivity index (χ3v) is 4.92. The van der Waals surface area contributed by atoms with E-state index in [1.165, 1.54) is 11.1 Å². The molecule has 26 heavy (non-hydrogen) atoms. The number of aryl methyl sites for hydroxylation is 1. The van der Waals surface area contributed by atoms with Crippen molar-refractivity contribution in [3.8, 4) is 0 Å². The summed E-state index contributed by atoms with van der Waals surface area (Å²) in [7, 11) is 0. The van der Waals surface area contributed by atoms with E-state index in [1.54, 1.807) is 0 Å². The van der Waals surface area contributed by atoms with Gasteiger partial charge in [0.1, 0.15) is 6.10 Å². The molecule has 2 aliphatic rings. The van der Waals surface area contributed by atoms with Gasteiger partial charge in [0.2, 0.25) is 0 Å². The lowest BCUT2D eigenvalue weighted by molar-refractivity contribution is -0.142. The predicted molar refractivity (Wildman–Crippen MR) is 103 cm³/mol. The molecule has 0 aliphatic carbocycles. The maximum atomic E-state index is 12.5. The summed E-state index contributed by atoms with van der Waals surface area (Å²) in [5, 5.41) is 3.38. The lowest BCUT2D eigenvalue weighted by Crippen LogP contribution is -2.55. The number of rotatable bonds is 4. The van der Waals surface area contributed by atoms with Gasteiger partial charge in [0.25, 0.3) is 5.91 Å². The number of benzene rings is 1. The van der Waals surface area contributed by atoms with Crippen molar-refractivity contribution >= 4 is 11.9 Å². The van der Waals surface area contributed by atoms with E-state index in [2.05, 4.69) is 48.3 Å². The molecule has 1 atom stereocenters. The van der Waals surface area contributed by atoms with Crippen LogP contribution >= 0.6 is 0 Å². The molecule has 3 rings (SSSR count). The summed E-state index contributed by atoms with van der Waals surface area (Å²) in [5.41, 5.74) is 2.47. The molecular weight excluding hydrogens is 328 g/mol. The Bertz CT molecular complexity index is 632. The Morgan fingerprint density at radius 2 is 2.04 bits per heavy atom. The number of carbonyl (C=O) groups excluding carboxylic acids is 1. The number of nitrogens with zero attached hydrogens (tertiary/aromatic N) is 3. The average molecular weight is 358 g/mol. The van der Waals surface area contributed by atoms with Crippen molar-refractivity contribution in [2.45, 2.75) is 39.3 Å². The lowest BCUT2D eigenvalue weighted by atomic mass is 10.1. The van der Waals surface area contributed by atoms with E-state index in [0.717, 1.165) is 51.5 Å². The molecule has 1 amide bonds. The predicted octanol–water partition coefficient (Wildman–Crippen LogP) is 1.78. The number of aliphatic imine (C=N–C) groups is 1. The maximum absolute atomic E-state index is 12.5. The van der Waals surface area contributed by atoms with E-state index in [0.29, 0.717) is 13.2 Å². The highest BCUT2D eigenvalue weighted by molar-refractivity contribution is 5.82. The average Bonchev–Trinajstić information content (AvgIpc) is 3.19. The topological polar surface area (TPSA) is 57.2 Å². The summed E-state index contributed by atoms with van der Waals surface area (Å²) in [6.07, 6.45) is 1.64. The summed E-state index contributed by atoms with van der Waals surface area (Å²) < 4.78 is 5.54. The van der Waals surface area contributed by atoms with E-state index >= 15 is 0 Å². The van der Waals surface area contributed by atoms with Gasteiger partial charge in [-0.2, -0.15) is 0 Å². The Morgan fingerprint density at radius 1 is 1.27 bits per heavy atom. The Balaban J connectivity index is 1.57. The first-order chi connectivity index (χ1) is 12.7. The SMILES string of the molecule is CCNC(=NCc1cccc(C)c1)N1CCN(C(=O)C2CCCO2)CC1. The smallest absolute Gasteiger partial charge is 0.251 e. The van der Waals surface area contributed by atoms with Crippen LogP contribution in [-0.2, 0) is 16.1 Å². The molecule has 1 aromatic rings. The molecule has 0 saturated carbocycles. The van der Waals surface area contributed by atoms with E-state index in [1.807, 2.05) is 4.90 Å². The zero-order chi connectivity index (χ0) is 18.4. The van der Waals surface area contributed by atoms with Crippen molar-refractivity contribution in [1.29, 1.82) is 0 Å². The van der Waals surface area contributed by atoms with Gasteiger partial charge < -0.3 is 19.9 Å². The number of amides is 1. The summed E-state index contributed by atoms with van der Waals surface area (Å²) in [6.45, 7) is 9.47. The van der Waals surface area contributed by atoms with Crippen LogP contribution in [0.5, 0.6) is 0 Å². The Hall–Kier alpha value is -2.08. The van der Waals surface area contributed by atoms with Gasteiger partial charge in [-0.15, -0.1) is 0 Å². The number of guanidine groups is 1. The summed E-state index contributed by atoms with van der Waals surface area (Å²) in [5.74, 6) is 1.09. The van der Waals surface area contributed by atoms with Crippen LogP contribution in [0.15, 0.2) is 29.3 Å². The number of hydrogen-bond donors (Lipinski definition) is 1. The normalized spacial score (nSPS) is 21.2. The first-order valence-electron chi connectivity index (χ1n) is 9.66. The fraction of sp³-hybridized carbons (Fsp3) is 0.600. The summed E-state index contributed by atoms with van der Waals surface area (Å²) in [6, 6.07) is 8.45. The van der Waals surface area contributed by atoms with Crippen LogP contribution < -0.4 is 5.32 Å². The van der Waals surface area contributed by atoms with E-state index in [-0.39, 0.29) is 12.0 Å². The fourth-order valence-electron chi connectivity index (χ4n) is 3.52. The molecule has 2 saturated heterocycles. The number of carbonyl (C=O) groups is 1. The molecule has 0 spiro atoms. The van der Waals surface area contributed by atoms with Crippen LogP contribution in [0.4, 0.5) is 0 Å². The molecule has 6 heteroatoms. The molecule has 142 valence electrons. The molecule has 2 aliphatic heterocycles. The van der Waals surface area contributed by atoms with Crippen molar-refractivity contribution < 1.29 is 9.53 Å². The fourth-order valence-corrected chi connectivity index (χ4v) is 3.52. The molecule has 2 fully saturated rings. The largest absolute Gasteiger partial charge is 0.368 e. The van der Waals surface area contributed by atoms with Crippen molar-refractivity contribution in [3.63, 3.8) is 0 Å². The number of nitrogens with one attached hydrogen (secondary N) is 1. The summed E-state index contributed by atoms with van der Waals surface area (Å²) >= 11 is 0. The highest BCUT2D eigenvalue weighted by atomic mass is 16.5. The van der Waals surface area contributed by atoms with Crippen LogP contribution in [0.1, 0.15) is 30.9 Å². The van der Waals surface area contributed by atoms with Gasteiger partial charge in [-0.1, -0.05) is 29.8 Å². The second kappa shape index (κ2) is 9.03. The molecule has 0 bridgehead atoms. The van der Waals surface area contributed by atoms with E-state index in [9.17, 15) is 4.79 Å². The van der Waals surface area contributed by atoms with Gasteiger partial charge >= 0.3 is 0 Å². The minimum atomic E-state index is -0.218.